The highest BCUT2D eigenvalue weighted by atomic mass is 16.5. The van der Waals surface area contributed by atoms with Crippen molar-refractivity contribution in [1.82, 2.24) is 15.2 Å². The van der Waals surface area contributed by atoms with Crippen LogP contribution in [0, 0.1) is 5.92 Å². The lowest BCUT2D eigenvalue weighted by atomic mass is 10.1. The zero-order chi connectivity index (χ0) is 14.5. The molecule has 20 heavy (non-hydrogen) atoms. The van der Waals surface area contributed by atoms with Crippen LogP contribution in [-0.2, 0) is 11.3 Å². The molecular weight excluding hydrogens is 262 g/mol. The highest BCUT2D eigenvalue weighted by Gasteiger charge is 2.30. The minimum Gasteiger partial charge on any atom is -0.481 e. The summed E-state index contributed by atoms with van der Waals surface area (Å²) in [4.78, 5) is 28.3. The number of nitrogens with one attached hydrogen (secondary N) is 1. The van der Waals surface area contributed by atoms with Gasteiger partial charge in [0.05, 0.1) is 13.0 Å². The third kappa shape index (κ3) is 3.37. The number of aliphatic carboxylic acids is 1. The average molecular weight is 279 g/mol. The van der Waals surface area contributed by atoms with Crippen molar-refractivity contribution >= 4 is 12.0 Å². The first-order valence-corrected chi connectivity index (χ1v) is 6.34. The van der Waals surface area contributed by atoms with Gasteiger partial charge in [0, 0.05) is 31.9 Å². The van der Waals surface area contributed by atoms with E-state index in [1.807, 2.05) is 6.07 Å². The number of ether oxygens (including phenoxy) is 1. The van der Waals surface area contributed by atoms with Crippen LogP contribution in [0.3, 0.4) is 0 Å². The van der Waals surface area contributed by atoms with Gasteiger partial charge in [-0.25, -0.2) is 9.78 Å². The summed E-state index contributed by atoms with van der Waals surface area (Å²) in [5.74, 6) is -0.785. The van der Waals surface area contributed by atoms with E-state index in [-0.39, 0.29) is 12.6 Å². The second-order valence-corrected chi connectivity index (χ2v) is 4.64. The van der Waals surface area contributed by atoms with E-state index in [1.165, 1.54) is 12.0 Å². The molecule has 7 heteroatoms. The molecule has 1 unspecified atom stereocenters. The number of methoxy groups -OCH3 is 1. The van der Waals surface area contributed by atoms with Crippen LogP contribution in [0.25, 0.3) is 0 Å². The number of rotatable bonds is 4. The molecule has 1 aliphatic rings. The SMILES string of the molecule is COc1ccc(CNC(=O)N2CCC(C(=O)O)C2)cn1. The molecule has 0 saturated carbocycles. The second kappa shape index (κ2) is 6.23. The summed E-state index contributed by atoms with van der Waals surface area (Å²) in [7, 11) is 1.54. The number of amides is 2. The topological polar surface area (TPSA) is 91.8 Å². The number of carbonyl (C=O) groups excluding carboxylic acids is 1. The summed E-state index contributed by atoms with van der Waals surface area (Å²) in [6, 6.07) is 3.29. The summed E-state index contributed by atoms with van der Waals surface area (Å²) in [6.07, 6.45) is 2.13. The molecule has 2 amide bonds. The Morgan fingerprint density at radius 2 is 2.35 bits per heavy atom. The van der Waals surface area contributed by atoms with E-state index in [1.54, 1.807) is 12.3 Å². The maximum absolute atomic E-state index is 11.9. The number of carbonyl (C=O) groups is 2. The van der Waals surface area contributed by atoms with Crippen molar-refractivity contribution in [3.63, 3.8) is 0 Å². The van der Waals surface area contributed by atoms with Crippen LogP contribution < -0.4 is 10.1 Å². The lowest BCUT2D eigenvalue weighted by Crippen LogP contribution is -2.38. The number of nitrogens with zero attached hydrogens (tertiary/aromatic N) is 2. The quantitative estimate of drug-likeness (QED) is 0.846. The highest BCUT2D eigenvalue weighted by Crippen LogP contribution is 2.16. The number of aromatic nitrogens is 1. The molecule has 0 aliphatic carbocycles. The maximum atomic E-state index is 11.9. The Morgan fingerprint density at radius 1 is 1.55 bits per heavy atom. The van der Waals surface area contributed by atoms with E-state index < -0.39 is 11.9 Å². The van der Waals surface area contributed by atoms with Crippen molar-refractivity contribution in [2.75, 3.05) is 20.2 Å². The highest BCUT2D eigenvalue weighted by molar-refractivity contribution is 5.77. The van der Waals surface area contributed by atoms with Gasteiger partial charge in [0.2, 0.25) is 5.88 Å². The first-order chi connectivity index (χ1) is 9.60. The Hall–Kier alpha value is -2.31. The fraction of sp³-hybridized carbons (Fsp3) is 0.462. The molecule has 1 aromatic heterocycles. The van der Waals surface area contributed by atoms with E-state index in [0.29, 0.717) is 25.4 Å². The lowest BCUT2D eigenvalue weighted by Gasteiger charge is -2.16. The molecule has 2 N–H and O–H groups in total. The molecule has 108 valence electrons. The van der Waals surface area contributed by atoms with Crippen LogP contribution >= 0.6 is 0 Å². The smallest absolute Gasteiger partial charge is 0.317 e. The first-order valence-electron chi connectivity index (χ1n) is 6.34. The summed E-state index contributed by atoms with van der Waals surface area (Å²) in [6.45, 7) is 1.09. The van der Waals surface area contributed by atoms with Crippen molar-refractivity contribution in [2.45, 2.75) is 13.0 Å². The molecule has 1 saturated heterocycles. The number of hydrogen-bond acceptors (Lipinski definition) is 4. The molecule has 7 nitrogen and oxygen atoms in total. The minimum atomic E-state index is -0.848. The van der Waals surface area contributed by atoms with Crippen LogP contribution in [0.5, 0.6) is 5.88 Å². The second-order valence-electron chi connectivity index (χ2n) is 4.64. The molecule has 0 aromatic carbocycles. The molecule has 0 radical (unpaired) electrons. The van der Waals surface area contributed by atoms with Gasteiger partial charge in [0.25, 0.3) is 0 Å². The van der Waals surface area contributed by atoms with Gasteiger partial charge in [-0.05, 0) is 12.0 Å². The Balaban J connectivity index is 1.81. The van der Waals surface area contributed by atoms with Crippen molar-refractivity contribution < 1.29 is 19.4 Å². The third-order valence-electron chi connectivity index (χ3n) is 3.28. The van der Waals surface area contributed by atoms with Gasteiger partial charge in [-0.15, -0.1) is 0 Å². The third-order valence-corrected chi connectivity index (χ3v) is 3.28. The van der Waals surface area contributed by atoms with Gasteiger partial charge >= 0.3 is 12.0 Å². The van der Waals surface area contributed by atoms with Gasteiger partial charge in [0.15, 0.2) is 0 Å². The Morgan fingerprint density at radius 3 is 2.90 bits per heavy atom. The molecule has 1 atom stereocenters. The van der Waals surface area contributed by atoms with Crippen LogP contribution in [0.4, 0.5) is 4.79 Å². The zero-order valence-corrected chi connectivity index (χ0v) is 11.2. The number of urea groups is 1. The van der Waals surface area contributed by atoms with Crippen molar-refractivity contribution in [1.29, 1.82) is 0 Å². The van der Waals surface area contributed by atoms with Crippen molar-refractivity contribution in [3.8, 4) is 5.88 Å². The summed E-state index contributed by atoms with van der Waals surface area (Å²) >= 11 is 0. The van der Waals surface area contributed by atoms with Crippen LogP contribution in [-0.4, -0.2) is 47.2 Å². The monoisotopic (exact) mass is 279 g/mol. The van der Waals surface area contributed by atoms with Gasteiger partial charge in [-0.2, -0.15) is 0 Å². The normalized spacial score (nSPS) is 17.9. The van der Waals surface area contributed by atoms with Gasteiger partial charge in [-0.1, -0.05) is 6.07 Å². The van der Waals surface area contributed by atoms with E-state index in [4.69, 9.17) is 9.84 Å². The zero-order valence-electron chi connectivity index (χ0n) is 11.2. The van der Waals surface area contributed by atoms with Crippen molar-refractivity contribution in [2.24, 2.45) is 5.92 Å². The van der Waals surface area contributed by atoms with E-state index in [9.17, 15) is 9.59 Å². The largest absolute Gasteiger partial charge is 0.481 e. The number of carboxylic acids is 1. The van der Waals surface area contributed by atoms with Gasteiger partial charge < -0.3 is 20.1 Å². The predicted octanol–water partition coefficient (Wildman–Crippen LogP) is 0.706. The molecule has 0 bridgehead atoms. The summed E-state index contributed by atoms with van der Waals surface area (Å²) in [5, 5.41) is 11.6. The lowest BCUT2D eigenvalue weighted by molar-refractivity contribution is -0.141. The number of carboxylic acid groups (broad SMARTS) is 1. The van der Waals surface area contributed by atoms with Gasteiger partial charge in [0.1, 0.15) is 0 Å². The van der Waals surface area contributed by atoms with E-state index in [0.717, 1.165) is 5.56 Å². The predicted molar refractivity (Wildman–Crippen MR) is 70.3 cm³/mol. The van der Waals surface area contributed by atoms with Crippen molar-refractivity contribution in [3.05, 3.63) is 23.9 Å². The van der Waals surface area contributed by atoms with E-state index in [2.05, 4.69) is 10.3 Å². The molecule has 1 aliphatic heterocycles. The Kier molecular flexibility index (Phi) is 4.39. The molecule has 2 heterocycles. The van der Waals surface area contributed by atoms with Crippen LogP contribution in [0.2, 0.25) is 0 Å². The molecule has 1 aromatic rings. The summed E-state index contributed by atoms with van der Waals surface area (Å²) in [5.41, 5.74) is 0.855. The minimum absolute atomic E-state index is 0.246. The summed E-state index contributed by atoms with van der Waals surface area (Å²) < 4.78 is 4.95. The average Bonchev–Trinajstić information content (AvgIpc) is 2.95. The standard InChI is InChI=1S/C13H17N3O4/c1-20-11-3-2-9(6-14-11)7-15-13(19)16-5-4-10(8-16)12(17)18/h2-3,6,10H,4-5,7-8H2,1H3,(H,15,19)(H,17,18). The molecule has 2 rings (SSSR count). The molecule has 1 fully saturated rings. The maximum Gasteiger partial charge on any atom is 0.317 e. The van der Waals surface area contributed by atoms with Gasteiger partial charge in [-0.3, -0.25) is 4.79 Å². The van der Waals surface area contributed by atoms with Crippen LogP contribution in [0.15, 0.2) is 18.3 Å². The molecular formula is C13H17N3O4. The Bertz CT molecular complexity index is 489. The van der Waals surface area contributed by atoms with Crippen LogP contribution in [0.1, 0.15) is 12.0 Å². The molecule has 0 spiro atoms. The fourth-order valence-electron chi connectivity index (χ4n) is 2.07. The van der Waals surface area contributed by atoms with E-state index >= 15 is 0 Å². The Labute approximate surface area is 116 Å². The fourth-order valence-corrected chi connectivity index (χ4v) is 2.07. The number of pyridine rings is 1. The number of hydrogen-bond donors (Lipinski definition) is 2. The number of likely N-dealkylation sites (tertiary alicyclic amines) is 1. The first kappa shape index (κ1) is 14.1.